The number of nitrogen functional groups attached to an aromatic ring is 2. The zero-order valence-electron chi connectivity index (χ0n) is 32.8. The zero-order valence-corrected chi connectivity index (χ0v) is 37.1. The summed E-state index contributed by atoms with van der Waals surface area (Å²) in [6.45, 7) is 5.51. The first-order chi connectivity index (χ1) is 27.9. The van der Waals surface area contributed by atoms with Crippen LogP contribution in [0.3, 0.4) is 0 Å². The topological polar surface area (TPSA) is 341 Å². The number of fused-ring (bicyclic) bond motifs is 2. The number of nitrogens with two attached hydrogens (primary N) is 2. The van der Waals surface area contributed by atoms with Gasteiger partial charge >= 0.3 is 15.2 Å². The van der Waals surface area contributed by atoms with Crippen molar-refractivity contribution in [1.29, 1.82) is 0 Å². The van der Waals surface area contributed by atoms with Crippen LogP contribution in [0.1, 0.15) is 28.2 Å². The Morgan fingerprint density at radius 3 is 1.43 bits per heavy atom. The molecule has 60 heavy (non-hydrogen) atoms. The lowest BCUT2D eigenvalue weighted by Crippen LogP contribution is -2.11. The molecule has 0 aliphatic carbocycles. The molecule has 0 aromatic carbocycles. The van der Waals surface area contributed by atoms with Gasteiger partial charge in [-0.2, -0.15) is 19.9 Å². The number of hydrogen-bond acceptors (Lipinski definition) is 23. The number of hydrogen-bond donors (Lipinski definition) is 5. The standard InChI is InChI=1S/C17H26N5O7PS2.C9H14N5O5P.C4H8O2S.CH4/c1-12(23)31-8-6-28-30(25,29-7-9-32-13(2)24)11-27-5-4-22-10-19-14-15(22)20-17(18)21-16(14)26-3;1-18-8-6-7(12-9(10)13-8)14(4-11-6)2-3-19-5-20(15,16)17;1-4(6)7-3-2-5;/h10H,4-9,11H2,1-3H3,(H2,18,20,21);4H,2-3,5H2,1H3,(H2,10,12,13)(H2,15,16,17);5H,2-3H2,1H3;1H4. The summed E-state index contributed by atoms with van der Waals surface area (Å²) in [5.74, 6) is 1.84. The van der Waals surface area contributed by atoms with Crippen LogP contribution in [0, 0.1) is 0 Å². The Morgan fingerprint density at radius 1 is 0.683 bits per heavy atom. The molecule has 4 heterocycles. The van der Waals surface area contributed by atoms with Gasteiger partial charge < -0.3 is 63.5 Å². The summed E-state index contributed by atoms with van der Waals surface area (Å²) < 4.78 is 58.4. The molecule has 0 spiro atoms. The van der Waals surface area contributed by atoms with Crippen LogP contribution in [0.15, 0.2) is 12.7 Å². The van der Waals surface area contributed by atoms with Crippen molar-refractivity contribution in [1.82, 2.24) is 39.0 Å². The monoisotopic (exact) mass is 946 g/mol. The maximum atomic E-state index is 13.0. The number of anilines is 2. The molecule has 0 radical (unpaired) electrons. The summed E-state index contributed by atoms with van der Waals surface area (Å²) in [6.07, 6.45) is 2.15. The lowest BCUT2D eigenvalue weighted by Gasteiger charge is -2.18. The predicted molar refractivity (Wildman–Crippen MR) is 229 cm³/mol. The van der Waals surface area contributed by atoms with Crippen molar-refractivity contribution in [3.63, 3.8) is 0 Å². The highest BCUT2D eigenvalue weighted by Crippen LogP contribution is 2.48. The van der Waals surface area contributed by atoms with E-state index in [9.17, 15) is 23.5 Å². The molecular formula is C31H52N10O14P2S3. The maximum Gasteiger partial charge on any atom is 0.356 e. The number of rotatable bonds is 22. The van der Waals surface area contributed by atoms with E-state index in [1.54, 1.807) is 15.5 Å². The fourth-order valence-electron chi connectivity index (χ4n) is 4.19. The van der Waals surface area contributed by atoms with E-state index < -0.39 is 21.5 Å². The summed E-state index contributed by atoms with van der Waals surface area (Å²) in [6, 6.07) is 0. The largest absolute Gasteiger partial charge is 0.479 e. The number of carbonyl (C=O) groups excluding carboxylic acids is 3. The van der Waals surface area contributed by atoms with E-state index in [1.165, 1.54) is 41.3 Å². The second-order valence-corrected chi connectivity index (χ2v) is 18.6. The van der Waals surface area contributed by atoms with E-state index in [4.69, 9.17) is 54.4 Å². The summed E-state index contributed by atoms with van der Waals surface area (Å²) >= 11 is 3.27. The number of nitrogens with zero attached hydrogens (tertiary/aromatic N) is 8. The van der Waals surface area contributed by atoms with Crippen LogP contribution in [0.5, 0.6) is 11.8 Å². The van der Waals surface area contributed by atoms with Gasteiger partial charge in [-0.1, -0.05) is 42.7 Å². The van der Waals surface area contributed by atoms with Gasteiger partial charge in [0.25, 0.3) is 0 Å². The number of ether oxygens (including phenoxy) is 4. The van der Waals surface area contributed by atoms with Gasteiger partial charge in [-0.25, -0.2) is 9.97 Å². The van der Waals surface area contributed by atoms with Crippen molar-refractivity contribution >= 4 is 100 Å². The molecule has 0 atom stereocenters. The first-order valence-corrected chi connectivity index (χ1v) is 23.5. The van der Waals surface area contributed by atoms with Gasteiger partial charge in [0.2, 0.25) is 23.7 Å². The maximum absolute atomic E-state index is 13.0. The molecule has 24 nitrogen and oxygen atoms in total. The highest BCUT2D eigenvalue weighted by atomic mass is 32.2. The van der Waals surface area contributed by atoms with Gasteiger partial charge in [0.05, 0.1) is 59.9 Å². The number of aliphatic hydroxyl groups is 1. The molecule has 0 aliphatic heterocycles. The summed E-state index contributed by atoms with van der Waals surface area (Å²) in [7, 11) is -4.82. The smallest absolute Gasteiger partial charge is 0.356 e. The van der Waals surface area contributed by atoms with Crippen LogP contribution in [-0.2, 0) is 55.1 Å². The minimum atomic E-state index is -4.15. The average Bonchev–Trinajstić information content (AvgIpc) is 3.77. The molecule has 338 valence electrons. The van der Waals surface area contributed by atoms with Crippen molar-refractivity contribution in [3.8, 4) is 11.8 Å². The van der Waals surface area contributed by atoms with Crippen LogP contribution in [0.2, 0.25) is 0 Å². The minimum absolute atomic E-state index is 0. The van der Waals surface area contributed by atoms with Crippen LogP contribution >= 0.6 is 50.5 Å². The van der Waals surface area contributed by atoms with Gasteiger partial charge in [-0.05, 0) is 0 Å². The Bertz CT molecular complexity index is 2030. The Hall–Kier alpha value is -3.46. The first-order valence-electron chi connectivity index (χ1n) is 17.1. The van der Waals surface area contributed by atoms with E-state index >= 15 is 0 Å². The van der Waals surface area contributed by atoms with Crippen molar-refractivity contribution < 1.29 is 66.4 Å². The minimum Gasteiger partial charge on any atom is -0.479 e. The first kappa shape index (κ1) is 54.6. The number of methoxy groups -OCH3 is 2. The third kappa shape index (κ3) is 20.9. The summed E-state index contributed by atoms with van der Waals surface area (Å²) in [5, 5.41) is 8.08. The van der Waals surface area contributed by atoms with Gasteiger partial charge in [0.1, 0.15) is 12.7 Å². The van der Waals surface area contributed by atoms with Crippen molar-refractivity contribution in [2.45, 2.75) is 41.3 Å². The molecule has 0 aliphatic rings. The van der Waals surface area contributed by atoms with Gasteiger partial charge in [-0.3, -0.25) is 23.5 Å². The Morgan fingerprint density at radius 2 is 1.08 bits per heavy atom. The molecule has 0 fully saturated rings. The molecule has 29 heteroatoms. The van der Waals surface area contributed by atoms with Crippen LogP contribution in [0.25, 0.3) is 22.3 Å². The molecule has 0 bridgehead atoms. The molecule has 0 unspecified atom stereocenters. The molecule has 4 aromatic rings. The molecule has 0 saturated carbocycles. The van der Waals surface area contributed by atoms with Gasteiger partial charge in [0.15, 0.2) is 37.7 Å². The molecule has 4 aromatic heterocycles. The number of aliphatic hydroxyl groups excluding tert-OH is 1. The highest BCUT2D eigenvalue weighted by Gasteiger charge is 2.25. The lowest BCUT2D eigenvalue weighted by atomic mass is 10.5. The second-order valence-electron chi connectivity index (χ2n) is 11.2. The average molecular weight is 947 g/mol. The van der Waals surface area contributed by atoms with Crippen molar-refractivity contribution in [2.75, 3.05) is 88.7 Å². The number of carbonyl (C=O) groups is 3. The van der Waals surface area contributed by atoms with E-state index in [-0.39, 0.29) is 85.8 Å². The third-order valence-electron chi connectivity index (χ3n) is 6.50. The Balaban J connectivity index is 0.000000545. The molecule has 0 saturated heterocycles. The van der Waals surface area contributed by atoms with Crippen LogP contribution < -0.4 is 20.9 Å². The van der Waals surface area contributed by atoms with Gasteiger partial charge in [-0.15, -0.1) is 0 Å². The van der Waals surface area contributed by atoms with Crippen LogP contribution in [0.4, 0.5) is 11.9 Å². The van der Waals surface area contributed by atoms with E-state index in [0.717, 1.165) is 35.3 Å². The fourth-order valence-corrected chi connectivity index (χ4v) is 7.41. The Labute approximate surface area is 358 Å². The quantitative estimate of drug-likeness (QED) is 0.0558. The Kier molecular flexibility index (Phi) is 25.6. The fraction of sp³-hybridized carbons (Fsp3) is 0.581. The highest BCUT2D eigenvalue weighted by molar-refractivity contribution is 8.14. The normalized spacial score (nSPS) is 11.3. The lowest BCUT2D eigenvalue weighted by molar-refractivity contribution is -0.109. The molecule has 7 N–H and O–H groups in total. The number of imidazole rings is 2. The molecular weight excluding hydrogens is 895 g/mol. The number of aromatic nitrogens is 8. The van der Waals surface area contributed by atoms with Crippen molar-refractivity contribution in [2.24, 2.45) is 0 Å². The second kappa shape index (κ2) is 28.2. The molecule has 0 amide bonds. The van der Waals surface area contributed by atoms with E-state index in [0.29, 0.717) is 52.7 Å². The number of thioether (sulfide) groups is 3. The zero-order chi connectivity index (χ0) is 44.0. The molecule has 4 rings (SSSR count). The third-order valence-corrected chi connectivity index (χ3v) is 11.0. The van der Waals surface area contributed by atoms with Crippen LogP contribution in [-0.4, -0.2) is 146 Å². The summed E-state index contributed by atoms with van der Waals surface area (Å²) in [4.78, 5) is 73.9. The van der Waals surface area contributed by atoms with Crippen molar-refractivity contribution in [3.05, 3.63) is 12.7 Å². The van der Waals surface area contributed by atoms with E-state index in [2.05, 4.69) is 29.9 Å². The van der Waals surface area contributed by atoms with Gasteiger partial charge in [0, 0.05) is 51.1 Å². The SMILES string of the molecule is C.CC(=O)SCCO.COc1nc(N)nc2c1ncn2CCOCP(=O)(O)O.COc1nc(N)nc2c1ncn2CCOCP(=O)(OCCSC(C)=O)OCCSC(C)=O. The van der Waals surface area contributed by atoms with E-state index in [1.807, 2.05) is 0 Å². The predicted octanol–water partition coefficient (Wildman–Crippen LogP) is 2.64. The summed E-state index contributed by atoms with van der Waals surface area (Å²) in [5.41, 5.74) is 13.1.